The van der Waals surface area contributed by atoms with E-state index in [4.69, 9.17) is 9.47 Å². The molecule has 0 aliphatic carbocycles. The van der Waals surface area contributed by atoms with E-state index in [1.807, 2.05) is 0 Å². The normalized spacial score (nSPS) is 20.8. The van der Waals surface area contributed by atoms with Gasteiger partial charge in [-0.15, -0.1) is 0 Å². The molecule has 1 fully saturated rings. The van der Waals surface area contributed by atoms with Gasteiger partial charge in [-0.2, -0.15) is 0 Å². The van der Waals surface area contributed by atoms with E-state index in [9.17, 15) is 13.2 Å². The monoisotopic (exact) mass is 312 g/mol. The quantitative estimate of drug-likeness (QED) is 0.829. The van der Waals surface area contributed by atoms with Crippen LogP contribution in [0.25, 0.3) is 0 Å². The fourth-order valence-electron chi connectivity index (χ4n) is 2.62. The van der Waals surface area contributed by atoms with Crippen LogP contribution in [0.5, 0.6) is 11.5 Å². The molecule has 0 aromatic heterocycles. The zero-order chi connectivity index (χ0) is 15.5. The second-order valence-electron chi connectivity index (χ2n) is 5.18. The molecule has 1 unspecified atom stereocenters. The van der Waals surface area contributed by atoms with Crippen molar-refractivity contribution in [3.8, 4) is 11.5 Å². The molecular formula is C15H20O5S. The van der Waals surface area contributed by atoms with Crippen LogP contribution in [0.4, 0.5) is 0 Å². The summed E-state index contributed by atoms with van der Waals surface area (Å²) in [5, 5.41) is -0.848. The smallest absolute Gasteiger partial charge is 0.161 e. The highest BCUT2D eigenvalue weighted by Crippen LogP contribution is 2.28. The molecule has 0 bridgehead atoms. The molecule has 0 N–H and O–H groups in total. The van der Waals surface area contributed by atoms with Gasteiger partial charge in [0.15, 0.2) is 27.1 Å². The summed E-state index contributed by atoms with van der Waals surface area (Å²) in [5.41, 5.74) is 0.735. The molecular weight excluding hydrogens is 292 g/mol. The lowest BCUT2D eigenvalue weighted by molar-refractivity contribution is -0.118. The first-order valence-corrected chi connectivity index (χ1v) is 8.64. The lowest BCUT2D eigenvalue weighted by atomic mass is 10.0. The first-order valence-electron chi connectivity index (χ1n) is 6.93. The van der Waals surface area contributed by atoms with Gasteiger partial charge >= 0.3 is 0 Å². The molecule has 1 heterocycles. The van der Waals surface area contributed by atoms with Crippen LogP contribution < -0.4 is 9.47 Å². The van der Waals surface area contributed by atoms with Gasteiger partial charge in [0.05, 0.1) is 20.0 Å². The third-order valence-electron chi connectivity index (χ3n) is 3.76. The van der Waals surface area contributed by atoms with Gasteiger partial charge in [-0.05, 0) is 30.5 Å². The molecule has 1 aliphatic heterocycles. The largest absolute Gasteiger partial charge is 0.493 e. The van der Waals surface area contributed by atoms with E-state index in [1.165, 1.54) is 14.2 Å². The van der Waals surface area contributed by atoms with Gasteiger partial charge in [0.2, 0.25) is 0 Å². The predicted octanol–water partition coefficient (Wildman–Crippen LogP) is 1.78. The van der Waals surface area contributed by atoms with Crippen LogP contribution in [0.15, 0.2) is 18.2 Å². The van der Waals surface area contributed by atoms with Crippen LogP contribution in [0.1, 0.15) is 24.8 Å². The summed E-state index contributed by atoms with van der Waals surface area (Å²) in [6, 6.07) is 5.19. The highest BCUT2D eigenvalue weighted by atomic mass is 32.2. The maximum atomic E-state index is 12.3. The zero-order valence-corrected chi connectivity index (χ0v) is 13.1. The Balaban J connectivity index is 2.16. The number of hydrogen-bond donors (Lipinski definition) is 0. The molecule has 0 saturated carbocycles. The molecule has 1 aromatic carbocycles. The van der Waals surface area contributed by atoms with Gasteiger partial charge in [-0.25, -0.2) is 8.42 Å². The molecule has 116 valence electrons. The Kier molecular flexibility index (Phi) is 4.88. The SMILES string of the molecule is COc1ccc(CC(=O)C2CCCCS2(=O)=O)cc1OC. The molecule has 0 amide bonds. The van der Waals surface area contributed by atoms with Crippen molar-refractivity contribution in [2.24, 2.45) is 0 Å². The zero-order valence-electron chi connectivity index (χ0n) is 12.3. The average Bonchev–Trinajstić information content (AvgIpc) is 2.46. The van der Waals surface area contributed by atoms with E-state index in [-0.39, 0.29) is 18.0 Å². The average molecular weight is 312 g/mol. The number of carbonyl (C=O) groups excluding carboxylic acids is 1. The summed E-state index contributed by atoms with van der Waals surface area (Å²) in [6.45, 7) is 0. The number of ether oxygens (including phenoxy) is 2. The van der Waals surface area contributed by atoms with E-state index >= 15 is 0 Å². The van der Waals surface area contributed by atoms with Crippen LogP contribution in [-0.2, 0) is 21.1 Å². The fourth-order valence-corrected chi connectivity index (χ4v) is 4.52. The van der Waals surface area contributed by atoms with Gasteiger partial charge in [-0.3, -0.25) is 4.79 Å². The Morgan fingerprint density at radius 1 is 1.19 bits per heavy atom. The lowest BCUT2D eigenvalue weighted by Crippen LogP contribution is -2.36. The van der Waals surface area contributed by atoms with Crippen molar-refractivity contribution < 1.29 is 22.7 Å². The van der Waals surface area contributed by atoms with Crippen molar-refractivity contribution in [2.45, 2.75) is 30.9 Å². The summed E-state index contributed by atoms with van der Waals surface area (Å²) in [4.78, 5) is 12.3. The minimum atomic E-state index is -3.28. The molecule has 5 nitrogen and oxygen atoms in total. The van der Waals surface area contributed by atoms with Gasteiger partial charge in [-0.1, -0.05) is 12.5 Å². The van der Waals surface area contributed by atoms with Gasteiger partial charge in [0.1, 0.15) is 5.25 Å². The minimum Gasteiger partial charge on any atom is -0.493 e. The van der Waals surface area contributed by atoms with Crippen molar-refractivity contribution in [3.05, 3.63) is 23.8 Å². The van der Waals surface area contributed by atoms with Crippen LogP contribution in [0.2, 0.25) is 0 Å². The van der Waals surface area contributed by atoms with E-state index in [0.717, 1.165) is 12.0 Å². The molecule has 6 heteroatoms. The number of sulfone groups is 1. The number of rotatable bonds is 5. The highest BCUT2D eigenvalue weighted by molar-refractivity contribution is 7.92. The predicted molar refractivity (Wildman–Crippen MR) is 79.7 cm³/mol. The maximum Gasteiger partial charge on any atom is 0.161 e. The summed E-state index contributed by atoms with van der Waals surface area (Å²) in [5.74, 6) is 1.00. The lowest BCUT2D eigenvalue weighted by Gasteiger charge is -2.21. The second kappa shape index (κ2) is 6.47. The number of benzene rings is 1. The third-order valence-corrected chi connectivity index (χ3v) is 5.99. The first kappa shape index (κ1) is 15.8. The molecule has 1 aromatic rings. The van der Waals surface area contributed by atoms with E-state index in [1.54, 1.807) is 18.2 Å². The standard InChI is InChI=1S/C15H20O5S/c1-19-13-7-6-11(10-14(13)20-2)9-12(16)15-5-3-4-8-21(15,17)18/h6-7,10,15H,3-5,8-9H2,1-2H3. The molecule has 0 spiro atoms. The minimum absolute atomic E-state index is 0.101. The van der Waals surface area contributed by atoms with Crippen LogP contribution in [-0.4, -0.2) is 39.4 Å². The number of carbonyl (C=O) groups is 1. The summed E-state index contributed by atoms with van der Waals surface area (Å²) in [7, 11) is -0.215. The maximum absolute atomic E-state index is 12.3. The number of methoxy groups -OCH3 is 2. The Labute approximate surface area is 125 Å². The van der Waals surface area contributed by atoms with Crippen molar-refractivity contribution in [1.82, 2.24) is 0 Å². The first-order chi connectivity index (χ1) is 9.97. The van der Waals surface area contributed by atoms with Crippen LogP contribution >= 0.6 is 0 Å². The number of Topliss-reactive ketones (excluding diaryl/α,β-unsaturated/α-hetero) is 1. The fraction of sp³-hybridized carbons (Fsp3) is 0.533. The number of ketones is 1. The molecule has 1 aliphatic rings. The molecule has 0 radical (unpaired) electrons. The number of hydrogen-bond acceptors (Lipinski definition) is 5. The second-order valence-corrected chi connectivity index (χ2v) is 7.49. The summed E-state index contributed by atoms with van der Waals surface area (Å²) >= 11 is 0. The van der Waals surface area contributed by atoms with Crippen LogP contribution in [0.3, 0.4) is 0 Å². The topological polar surface area (TPSA) is 69.7 Å². The Bertz CT molecular complexity index is 621. The van der Waals surface area contributed by atoms with E-state index in [0.29, 0.717) is 24.3 Å². The van der Waals surface area contributed by atoms with Crippen molar-refractivity contribution in [1.29, 1.82) is 0 Å². The van der Waals surface area contributed by atoms with Gasteiger partial charge < -0.3 is 9.47 Å². The van der Waals surface area contributed by atoms with Gasteiger partial charge in [0, 0.05) is 6.42 Å². The van der Waals surface area contributed by atoms with Crippen molar-refractivity contribution in [2.75, 3.05) is 20.0 Å². The summed E-state index contributed by atoms with van der Waals surface area (Å²) < 4.78 is 34.3. The molecule has 1 atom stereocenters. The van der Waals surface area contributed by atoms with Crippen molar-refractivity contribution in [3.63, 3.8) is 0 Å². The highest BCUT2D eigenvalue weighted by Gasteiger charge is 2.34. The summed E-state index contributed by atoms with van der Waals surface area (Å²) in [6.07, 6.45) is 1.99. The van der Waals surface area contributed by atoms with Gasteiger partial charge in [0.25, 0.3) is 0 Å². The Morgan fingerprint density at radius 2 is 1.90 bits per heavy atom. The third kappa shape index (κ3) is 3.56. The molecule has 21 heavy (non-hydrogen) atoms. The van der Waals surface area contributed by atoms with E-state index in [2.05, 4.69) is 0 Å². The Morgan fingerprint density at radius 3 is 2.52 bits per heavy atom. The van der Waals surface area contributed by atoms with E-state index < -0.39 is 15.1 Å². The van der Waals surface area contributed by atoms with Crippen molar-refractivity contribution >= 4 is 15.6 Å². The molecule has 1 saturated heterocycles. The Hall–Kier alpha value is -1.56. The molecule has 2 rings (SSSR count). The van der Waals surface area contributed by atoms with Crippen LogP contribution in [0, 0.1) is 0 Å².